The minimum Gasteiger partial charge on any atom is -0.456 e. The molecule has 3 aliphatic rings. The Hall–Kier alpha value is -8.85. The van der Waals surface area contributed by atoms with Gasteiger partial charge in [0.1, 0.15) is 5.82 Å². The van der Waals surface area contributed by atoms with Crippen molar-refractivity contribution in [2.75, 3.05) is 0 Å². The van der Waals surface area contributed by atoms with Gasteiger partial charge < -0.3 is 18.0 Å². The van der Waals surface area contributed by atoms with Crippen molar-refractivity contribution in [2.45, 2.75) is 46.1 Å². The van der Waals surface area contributed by atoms with Crippen molar-refractivity contribution in [3.8, 4) is 34.0 Å². The van der Waals surface area contributed by atoms with Gasteiger partial charge in [-0.15, -0.1) is 0 Å². The molecule has 3 aliphatic carbocycles. The van der Waals surface area contributed by atoms with E-state index < -0.39 is 40.7 Å². The minimum absolute atomic E-state index is 0.0316. The van der Waals surface area contributed by atoms with Crippen molar-refractivity contribution >= 4 is 40.7 Å². The zero-order valence-corrected chi connectivity index (χ0v) is 36.3. The number of halogens is 1. The maximum absolute atomic E-state index is 13.2. The lowest BCUT2D eigenvalue weighted by atomic mass is 9.91. The molecule has 0 saturated heterocycles. The lowest BCUT2D eigenvalue weighted by Crippen LogP contribution is -2.20. The zero-order valence-electron chi connectivity index (χ0n) is 36.3. The number of ether oxygens (including phenoxy) is 1. The number of fused-ring (bicyclic) bond motifs is 9. The molecule has 0 amide bonds. The number of carbonyl (C=O) groups excluding carboxylic acids is 7. The predicted molar refractivity (Wildman–Crippen MR) is 240 cm³/mol. The molecular formula is C53H36FN3O11. The van der Waals surface area contributed by atoms with Gasteiger partial charge in [0.25, 0.3) is 17.3 Å². The Morgan fingerprint density at radius 1 is 0.485 bits per heavy atom. The van der Waals surface area contributed by atoms with Gasteiger partial charge in [0.15, 0.2) is 52.8 Å². The number of hydrogen-bond donors (Lipinski definition) is 0. The predicted octanol–water partition coefficient (Wildman–Crippen LogP) is 9.24. The Labute approximate surface area is 385 Å². The number of hydrogen-bond acceptors (Lipinski definition) is 14. The molecule has 11 rings (SSSR count). The summed E-state index contributed by atoms with van der Waals surface area (Å²) in [6.45, 7) is 2.93. The van der Waals surface area contributed by atoms with Gasteiger partial charge >= 0.3 is 5.97 Å². The molecule has 0 N–H and O–H groups in total. The van der Waals surface area contributed by atoms with E-state index >= 15 is 0 Å². The Morgan fingerprint density at radius 2 is 0.882 bits per heavy atom. The van der Waals surface area contributed by atoms with Crippen molar-refractivity contribution < 1.29 is 55.9 Å². The third kappa shape index (κ3) is 8.67. The summed E-state index contributed by atoms with van der Waals surface area (Å²) in [5.74, 6) is -2.41. The number of aromatic nitrogens is 3. The summed E-state index contributed by atoms with van der Waals surface area (Å²) >= 11 is 0. The fourth-order valence-corrected chi connectivity index (χ4v) is 7.95. The Morgan fingerprint density at radius 3 is 1.32 bits per heavy atom. The molecule has 3 heterocycles. The van der Waals surface area contributed by atoms with Gasteiger partial charge in [-0.3, -0.25) is 33.6 Å². The van der Waals surface area contributed by atoms with E-state index in [0.717, 1.165) is 17.5 Å². The lowest BCUT2D eigenvalue weighted by molar-refractivity contribution is -0.142. The van der Waals surface area contributed by atoms with Gasteiger partial charge in [-0.2, -0.15) is 0 Å². The van der Waals surface area contributed by atoms with Crippen LogP contribution in [0.5, 0.6) is 0 Å². The molecule has 68 heavy (non-hydrogen) atoms. The van der Waals surface area contributed by atoms with Gasteiger partial charge in [0, 0.05) is 53.1 Å². The molecule has 0 spiro atoms. The zero-order chi connectivity index (χ0) is 47.6. The van der Waals surface area contributed by atoms with Crippen LogP contribution < -0.4 is 0 Å². The van der Waals surface area contributed by atoms with Crippen molar-refractivity contribution in [1.82, 2.24) is 15.0 Å². The third-order valence-electron chi connectivity index (χ3n) is 11.3. The quantitative estimate of drug-likeness (QED) is 0.103. The normalized spacial score (nSPS) is 12.9. The molecule has 0 aliphatic heterocycles. The fraction of sp³-hybridized carbons (Fsp3) is 0.132. The number of benzene rings is 5. The maximum Gasteiger partial charge on any atom is 0.303 e. The average molecular weight is 910 g/mol. The second kappa shape index (κ2) is 18.6. The van der Waals surface area contributed by atoms with Crippen molar-refractivity contribution in [2.24, 2.45) is 0 Å². The van der Waals surface area contributed by atoms with E-state index in [1.54, 1.807) is 72.8 Å². The van der Waals surface area contributed by atoms with E-state index in [-0.39, 0.29) is 41.2 Å². The fourth-order valence-electron chi connectivity index (χ4n) is 7.95. The summed E-state index contributed by atoms with van der Waals surface area (Å²) in [6, 6.07) is 35.1. The summed E-state index contributed by atoms with van der Waals surface area (Å²) in [5.41, 5.74) is 5.98. The van der Waals surface area contributed by atoms with Crippen LogP contribution in [0.3, 0.4) is 0 Å². The largest absolute Gasteiger partial charge is 0.456 e. The Balaban J connectivity index is 0.000000128. The van der Waals surface area contributed by atoms with Crippen LogP contribution in [0.1, 0.15) is 104 Å². The molecule has 8 aromatic rings. The SMILES string of the molecule is CC(=O)OCc1nc2c(o1)-c1ccccc1C(=O)C2=O.Cc1cc(F)ccc1CCc1nc2c(o1)-c1ccccc1C(=O)C2=O.O=C1C(=O)c2nc(CCc3ccccc3)oc2-c2ccccc21. The molecule has 5 aromatic carbocycles. The van der Waals surface area contributed by atoms with E-state index in [2.05, 4.69) is 15.0 Å². The second-order valence-corrected chi connectivity index (χ2v) is 15.8. The van der Waals surface area contributed by atoms with E-state index in [9.17, 15) is 38.0 Å². The van der Waals surface area contributed by atoms with Gasteiger partial charge in [0.2, 0.25) is 23.2 Å². The summed E-state index contributed by atoms with van der Waals surface area (Å²) in [4.78, 5) is 95.8. The van der Waals surface area contributed by atoms with E-state index in [0.29, 0.717) is 75.9 Å². The smallest absolute Gasteiger partial charge is 0.303 e. The number of ketones is 6. The summed E-state index contributed by atoms with van der Waals surface area (Å²) in [7, 11) is 0. The van der Waals surface area contributed by atoms with Gasteiger partial charge in [0.05, 0.1) is 0 Å². The molecule has 0 radical (unpaired) electrons. The van der Waals surface area contributed by atoms with E-state index in [1.165, 1.54) is 24.6 Å². The van der Waals surface area contributed by atoms with Gasteiger partial charge in [-0.05, 0) is 48.6 Å². The Kier molecular flexibility index (Phi) is 12.1. The molecule has 14 nitrogen and oxygen atoms in total. The maximum atomic E-state index is 13.2. The van der Waals surface area contributed by atoms with Crippen molar-refractivity contribution in [1.29, 1.82) is 0 Å². The van der Waals surface area contributed by atoms with Crippen LogP contribution in [0.15, 0.2) is 135 Å². The average Bonchev–Trinajstić information content (AvgIpc) is 4.12. The highest BCUT2D eigenvalue weighted by Crippen LogP contribution is 2.37. The molecule has 0 bridgehead atoms. The summed E-state index contributed by atoms with van der Waals surface area (Å²) in [6.07, 6.45) is 2.42. The number of Topliss-reactive ketones (excluding diaryl/α,β-unsaturated/α-hetero) is 6. The third-order valence-corrected chi connectivity index (χ3v) is 11.3. The van der Waals surface area contributed by atoms with Gasteiger partial charge in [-0.1, -0.05) is 109 Å². The van der Waals surface area contributed by atoms with Crippen molar-refractivity contribution in [3.05, 3.63) is 195 Å². The first kappa shape index (κ1) is 44.4. The standard InChI is InChI=1S/C20H14FNO3.C19H13NO3.C14H9NO5/c1-11-10-13(21)8-6-12(11)7-9-16-22-17-19(24)18(23)14-4-2-3-5-15(14)20(17)25-16;21-17-13-8-4-5-9-14(13)19-16(18(17)22)20-15(23-19)11-10-12-6-2-1-3-7-12;1-7(16)19-6-10-15-11-13(18)12(17)8-4-2-3-5-9(8)14(11)20-10/h2-6,8,10H,7,9H2,1H3;1-9H,10-11H2;2-5H,6H2,1H3. The topological polar surface area (TPSA) is 207 Å². The summed E-state index contributed by atoms with van der Waals surface area (Å²) in [5, 5.41) is 0. The first-order chi connectivity index (χ1) is 32.9. The molecule has 15 heteroatoms. The number of nitrogens with zero attached hydrogens (tertiary/aromatic N) is 3. The number of esters is 1. The van der Waals surface area contributed by atoms with Crippen LogP contribution in [-0.4, -0.2) is 55.6 Å². The second-order valence-electron chi connectivity index (χ2n) is 15.8. The number of aryl methyl sites for hydroxylation is 5. The molecular weight excluding hydrogens is 874 g/mol. The highest BCUT2D eigenvalue weighted by molar-refractivity contribution is 6.53. The van der Waals surface area contributed by atoms with Crippen molar-refractivity contribution in [3.63, 3.8) is 0 Å². The van der Waals surface area contributed by atoms with E-state index in [4.69, 9.17) is 18.0 Å². The molecule has 0 atom stereocenters. The number of rotatable bonds is 8. The molecule has 336 valence electrons. The van der Waals surface area contributed by atoms with Crippen LogP contribution in [0.4, 0.5) is 4.39 Å². The molecule has 3 aromatic heterocycles. The van der Waals surface area contributed by atoms with Crippen LogP contribution in [0.2, 0.25) is 0 Å². The number of carbonyl (C=O) groups is 7. The monoisotopic (exact) mass is 909 g/mol. The van der Waals surface area contributed by atoms with Crippen LogP contribution >= 0.6 is 0 Å². The van der Waals surface area contributed by atoms with Gasteiger partial charge in [-0.25, -0.2) is 19.3 Å². The summed E-state index contributed by atoms with van der Waals surface area (Å²) < 4.78 is 35.0. The highest BCUT2D eigenvalue weighted by atomic mass is 19.1. The van der Waals surface area contributed by atoms with E-state index in [1.807, 2.05) is 43.3 Å². The lowest BCUT2D eigenvalue weighted by Gasteiger charge is -2.10. The van der Waals surface area contributed by atoms with Crippen LogP contribution in [-0.2, 0) is 41.8 Å². The number of oxazole rings is 3. The highest BCUT2D eigenvalue weighted by Gasteiger charge is 2.37. The first-order valence-electron chi connectivity index (χ1n) is 21.3. The molecule has 0 fully saturated rings. The minimum atomic E-state index is -0.712. The molecule has 0 saturated carbocycles. The Bertz CT molecular complexity index is 3380. The first-order valence-corrected chi connectivity index (χ1v) is 21.3. The molecule has 0 unspecified atom stereocenters. The van der Waals surface area contributed by atoms with Crippen LogP contribution in [0, 0.1) is 12.7 Å². The van der Waals surface area contributed by atoms with Crippen LogP contribution in [0.25, 0.3) is 34.0 Å².